The van der Waals surface area contributed by atoms with Crippen molar-refractivity contribution < 1.29 is 5.11 Å². The van der Waals surface area contributed by atoms with Crippen LogP contribution in [0.1, 0.15) is 0 Å². The molecule has 0 aliphatic heterocycles. The first-order valence-corrected chi connectivity index (χ1v) is 6.22. The van der Waals surface area contributed by atoms with Gasteiger partial charge >= 0.3 is 0 Å². The largest absolute Gasteiger partial charge is 0.507 e. The van der Waals surface area contributed by atoms with Gasteiger partial charge in [0.25, 0.3) is 0 Å². The Hall–Kier alpha value is -2.26. The third-order valence-corrected chi connectivity index (χ3v) is 3.08. The van der Waals surface area contributed by atoms with E-state index in [-0.39, 0.29) is 5.75 Å². The molecule has 4 heteroatoms. The number of halogens is 1. The summed E-state index contributed by atoms with van der Waals surface area (Å²) in [6.07, 6.45) is 1.85. The van der Waals surface area contributed by atoms with E-state index in [0.717, 1.165) is 5.69 Å². The maximum Gasteiger partial charge on any atom is 0.125 e. The van der Waals surface area contributed by atoms with E-state index in [2.05, 4.69) is 5.10 Å². The first kappa shape index (κ1) is 11.8. The van der Waals surface area contributed by atoms with Gasteiger partial charge in [0, 0.05) is 16.8 Å². The highest BCUT2D eigenvalue weighted by Crippen LogP contribution is 2.30. The second-order valence-electron chi connectivity index (χ2n) is 4.14. The normalized spacial score (nSPS) is 10.6. The Balaban J connectivity index is 2.04. The summed E-state index contributed by atoms with van der Waals surface area (Å²) in [5, 5.41) is 14.9. The molecule has 0 radical (unpaired) electrons. The Bertz CT molecular complexity index is 707. The van der Waals surface area contributed by atoms with Gasteiger partial charge in [0.05, 0.1) is 11.4 Å². The monoisotopic (exact) mass is 270 g/mol. The first-order valence-electron chi connectivity index (χ1n) is 5.84. The summed E-state index contributed by atoms with van der Waals surface area (Å²) >= 11 is 5.94. The SMILES string of the molecule is Oc1ccc(Cl)cc1-c1ccn(-c2ccccc2)n1. The Morgan fingerprint density at radius 3 is 2.58 bits per heavy atom. The van der Waals surface area contributed by atoms with E-state index in [9.17, 15) is 5.11 Å². The minimum absolute atomic E-state index is 0.169. The fraction of sp³-hybridized carbons (Fsp3) is 0. The lowest BCUT2D eigenvalue weighted by Crippen LogP contribution is -1.94. The van der Waals surface area contributed by atoms with Crippen molar-refractivity contribution in [3.05, 3.63) is 65.8 Å². The number of aromatic nitrogens is 2. The molecule has 3 rings (SSSR count). The number of phenolic OH excluding ortho intramolecular Hbond substituents is 1. The van der Waals surface area contributed by atoms with Crippen LogP contribution in [0.4, 0.5) is 0 Å². The Morgan fingerprint density at radius 1 is 1.00 bits per heavy atom. The molecular formula is C15H11ClN2O. The van der Waals surface area contributed by atoms with Gasteiger partial charge in [0.1, 0.15) is 5.75 Å². The van der Waals surface area contributed by atoms with Crippen LogP contribution in [0.3, 0.4) is 0 Å². The molecule has 1 N–H and O–H groups in total. The average molecular weight is 271 g/mol. The average Bonchev–Trinajstić information content (AvgIpc) is 2.92. The summed E-state index contributed by atoms with van der Waals surface area (Å²) in [5.74, 6) is 0.169. The van der Waals surface area contributed by atoms with Crippen molar-refractivity contribution in [2.24, 2.45) is 0 Å². The second kappa shape index (κ2) is 4.78. The van der Waals surface area contributed by atoms with Gasteiger partial charge < -0.3 is 5.11 Å². The molecule has 1 aromatic heterocycles. The number of benzene rings is 2. The smallest absolute Gasteiger partial charge is 0.125 e. The van der Waals surface area contributed by atoms with Crippen LogP contribution in [0.15, 0.2) is 60.8 Å². The zero-order valence-corrected chi connectivity index (χ0v) is 10.7. The van der Waals surface area contributed by atoms with Crippen molar-refractivity contribution in [1.29, 1.82) is 0 Å². The molecule has 3 nitrogen and oxygen atoms in total. The molecule has 2 aromatic carbocycles. The van der Waals surface area contributed by atoms with Crippen molar-refractivity contribution in [1.82, 2.24) is 9.78 Å². The van der Waals surface area contributed by atoms with Gasteiger partial charge in [0.2, 0.25) is 0 Å². The molecular weight excluding hydrogens is 260 g/mol. The summed E-state index contributed by atoms with van der Waals surface area (Å²) in [7, 11) is 0. The van der Waals surface area contributed by atoms with Gasteiger partial charge in [-0.1, -0.05) is 29.8 Å². The maximum atomic E-state index is 9.86. The Morgan fingerprint density at radius 2 is 1.79 bits per heavy atom. The molecule has 0 bridgehead atoms. The quantitative estimate of drug-likeness (QED) is 0.767. The van der Waals surface area contributed by atoms with E-state index >= 15 is 0 Å². The van der Waals surface area contributed by atoms with Gasteiger partial charge in [-0.25, -0.2) is 4.68 Å². The molecule has 0 aliphatic rings. The summed E-state index contributed by atoms with van der Waals surface area (Å²) in [5.41, 5.74) is 2.28. The van der Waals surface area contributed by atoms with Gasteiger partial charge in [-0.3, -0.25) is 0 Å². The number of nitrogens with zero attached hydrogens (tertiary/aromatic N) is 2. The molecule has 19 heavy (non-hydrogen) atoms. The van der Waals surface area contributed by atoms with Crippen LogP contribution in [0.2, 0.25) is 5.02 Å². The van der Waals surface area contributed by atoms with E-state index in [4.69, 9.17) is 11.6 Å². The fourth-order valence-corrected chi connectivity index (χ4v) is 2.08. The minimum Gasteiger partial charge on any atom is -0.507 e. The lowest BCUT2D eigenvalue weighted by atomic mass is 10.1. The zero-order chi connectivity index (χ0) is 13.2. The van der Waals surface area contributed by atoms with E-state index in [1.807, 2.05) is 42.6 Å². The van der Waals surface area contributed by atoms with E-state index in [0.29, 0.717) is 16.3 Å². The van der Waals surface area contributed by atoms with Crippen LogP contribution in [0.25, 0.3) is 16.9 Å². The fourth-order valence-electron chi connectivity index (χ4n) is 1.91. The summed E-state index contributed by atoms with van der Waals surface area (Å²) in [6, 6.07) is 16.6. The number of para-hydroxylation sites is 1. The number of rotatable bonds is 2. The van der Waals surface area contributed by atoms with Crippen LogP contribution in [0.5, 0.6) is 5.75 Å². The van der Waals surface area contributed by atoms with Gasteiger partial charge in [-0.05, 0) is 36.4 Å². The van der Waals surface area contributed by atoms with Crippen molar-refractivity contribution in [2.75, 3.05) is 0 Å². The highest BCUT2D eigenvalue weighted by atomic mass is 35.5. The standard InChI is InChI=1S/C15H11ClN2O/c16-11-6-7-15(19)13(10-11)14-8-9-18(17-14)12-4-2-1-3-5-12/h1-10,19H. The molecule has 94 valence electrons. The molecule has 0 saturated carbocycles. The van der Waals surface area contributed by atoms with Gasteiger partial charge in [-0.15, -0.1) is 0 Å². The van der Waals surface area contributed by atoms with Crippen molar-refractivity contribution in [3.8, 4) is 22.7 Å². The highest BCUT2D eigenvalue weighted by molar-refractivity contribution is 6.30. The Labute approximate surface area is 115 Å². The number of aromatic hydroxyl groups is 1. The van der Waals surface area contributed by atoms with Gasteiger partial charge in [0.15, 0.2) is 0 Å². The van der Waals surface area contributed by atoms with Crippen LogP contribution >= 0.6 is 11.6 Å². The van der Waals surface area contributed by atoms with Crippen LogP contribution < -0.4 is 0 Å². The summed E-state index contributed by atoms with van der Waals surface area (Å²) in [6.45, 7) is 0. The molecule has 3 aromatic rings. The highest BCUT2D eigenvalue weighted by Gasteiger charge is 2.09. The van der Waals surface area contributed by atoms with Crippen LogP contribution in [0, 0.1) is 0 Å². The van der Waals surface area contributed by atoms with Crippen molar-refractivity contribution in [2.45, 2.75) is 0 Å². The maximum absolute atomic E-state index is 9.86. The molecule has 0 fully saturated rings. The molecule has 0 atom stereocenters. The Kier molecular flexibility index (Phi) is 2.97. The molecule has 1 heterocycles. The van der Waals surface area contributed by atoms with E-state index < -0.39 is 0 Å². The minimum atomic E-state index is 0.169. The first-order chi connectivity index (χ1) is 9.24. The van der Waals surface area contributed by atoms with E-state index in [1.54, 1.807) is 22.9 Å². The number of hydrogen-bond donors (Lipinski definition) is 1. The molecule has 0 amide bonds. The van der Waals surface area contributed by atoms with E-state index in [1.165, 1.54) is 0 Å². The predicted molar refractivity (Wildman–Crippen MR) is 75.7 cm³/mol. The summed E-state index contributed by atoms with van der Waals surface area (Å²) < 4.78 is 1.76. The number of phenols is 1. The summed E-state index contributed by atoms with van der Waals surface area (Å²) in [4.78, 5) is 0. The lowest BCUT2D eigenvalue weighted by Gasteiger charge is -2.02. The predicted octanol–water partition coefficient (Wildman–Crippen LogP) is 3.90. The molecule has 0 saturated heterocycles. The third-order valence-electron chi connectivity index (χ3n) is 2.84. The van der Waals surface area contributed by atoms with Crippen LogP contribution in [-0.2, 0) is 0 Å². The van der Waals surface area contributed by atoms with Crippen molar-refractivity contribution >= 4 is 11.6 Å². The topological polar surface area (TPSA) is 38.0 Å². The third kappa shape index (κ3) is 2.33. The molecule has 0 spiro atoms. The van der Waals surface area contributed by atoms with Gasteiger partial charge in [-0.2, -0.15) is 5.10 Å². The molecule has 0 aliphatic carbocycles. The van der Waals surface area contributed by atoms with Crippen molar-refractivity contribution in [3.63, 3.8) is 0 Å². The zero-order valence-electron chi connectivity index (χ0n) is 9.99. The van der Waals surface area contributed by atoms with Crippen LogP contribution in [-0.4, -0.2) is 14.9 Å². The second-order valence-corrected chi connectivity index (χ2v) is 4.58. The molecule has 0 unspecified atom stereocenters. The number of hydrogen-bond acceptors (Lipinski definition) is 2. The lowest BCUT2D eigenvalue weighted by molar-refractivity contribution is 0.477.